The summed E-state index contributed by atoms with van der Waals surface area (Å²) in [5.74, 6) is 1.87. The van der Waals surface area contributed by atoms with Crippen molar-refractivity contribution in [3.63, 3.8) is 0 Å². The number of rotatable bonds is 5. The topological polar surface area (TPSA) is 85.2 Å². The van der Waals surface area contributed by atoms with Gasteiger partial charge in [-0.25, -0.2) is 9.67 Å². The van der Waals surface area contributed by atoms with Gasteiger partial charge in [-0.15, -0.1) is 0 Å². The van der Waals surface area contributed by atoms with Crippen LogP contribution in [0.15, 0.2) is 43.0 Å². The number of amides is 1. The predicted molar refractivity (Wildman–Crippen MR) is 151 cm³/mol. The van der Waals surface area contributed by atoms with Gasteiger partial charge in [-0.05, 0) is 74.6 Å². The van der Waals surface area contributed by atoms with Crippen molar-refractivity contribution in [2.75, 3.05) is 31.6 Å². The lowest BCUT2D eigenvalue weighted by Gasteiger charge is -2.38. The highest BCUT2D eigenvalue weighted by molar-refractivity contribution is 6.04. The second-order valence-electron chi connectivity index (χ2n) is 10.9. The summed E-state index contributed by atoms with van der Waals surface area (Å²) >= 11 is 0. The van der Waals surface area contributed by atoms with Crippen molar-refractivity contribution in [2.45, 2.75) is 72.3 Å². The minimum Gasteiger partial charge on any atom is -0.379 e. The van der Waals surface area contributed by atoms with E-state index in [1.54, 1.807) is 23.3 Å². The Morgan fingerprint density at radius 2 is 1.76 bits per heavy atom. The van der Waals surface area contributed by atoms with Crippen molar-refractivity contribution >= 4 is 11.6 Å². The molecule has 0 aromatic carbocycles. The molecule has 0 spiro atoms. The number of morpholine rings is 1. The average Bonchev–Trinajstić information content (AvgIpc) is 3.31. The van der Waals surface area contributed by atoms with Gasteiger partial charge >= 0.3 is 0 Å². The summed E-state index contributed by atoms with van der Waals surface area (Å²) in [6.45, 7) is 14.6. The van der Waals surface area contributed by atoms with Crippen LogP contribution in [-0.2, 0) is 4.74 Å². The molecule has 1 saturated carbocycles. The highest BCUT2D eigenvalue weighted by atomic mass is 16.5. The fourth-order valence-electron chi connectivity index (χ4n) is 5.10. The molecule has 1 amide bonds. The molecule has 0 unspecified atom stereocenters. The molecular formula is C30H42N6O2. The quantitative estimate of drug-likeness (QED) is 0.477. The minimum absolute atomic E-state index is 0.213. The number of carbonyl (C=O) groups is 1. The van der Waals surface area contributed by atoms with Gasteiger partial charge in [0.2, 0.25) is 0 Å². The summed E-state index contributed by atoms with van der Waals surface area (Å²) in [6, 6.07) is 6.70. The maximum absolute atomic E-state index is 12.5. The summed E-state index contributed by atoms with van der Waals surface area (Å²) in [4.78, 5) is 23.7. The smallest absolute Gasteiger partial charge is 0.259 e. The lowest BCUT2D eigenvalue weighted by molar-refractivity contribution is 0.00559. The third-order valence-corrected chi connectivity index (χ3v) is 7.59. The van der Waals surface area contributed by atoms with E-state index < -0.39 is 0 Å². The van der Waals surface area contributed by atoms with Gasteiger partial charge in [0.25, 0.3) is 5.91 Å². The van der Waals surface area contributed by atoms with Crippen LogP contribution in [0.3, 0.4) is 0 Å². The molecule has 0 radical (unpaired) electrons. The van der Waals surface area contributed by atoms with Gasteiger partial charge in [-0.1, -0.05) is 26.8 Å². The monoisotopic (exact) mass is 518 g/mol. The van der Waals surface area contributed by atoms with E-state index in [-0.39, 0.29) is 5.91 Å². The second-order valence-corrected chi connectivity index (χ2v) is 10.9. The van der Waals surface area contributed by atoms with E-state index in [9.17, 15) is 4.79 Å². The number of ether oxygens (including phenoxy) is 1. The largest absolute Gasteiger partial charge is 0.379 e. The van der Waals surface area contributed by atoms with Crippen molar-refractivity contribution in [3.8, 4) is 5.82 Å². The molecule has 1 saturated heterocycles. The molecule has 2 aliphatic rings. The highest BCUT2D eigenvalue weighted by Gasteiger charge is 2.25. The molecule has 8 heteroatoms. The van der Waals surface area contributed by atoms with Crippen LogP contribution < -0.4 is 5.32 Å². The molecule has 38 heavy (non-hydrogen) atoms. The number of hydrogen-bond donors (Lipinski definition) is 1. The van der Waals surface area contributed by atoms with E-state index in [0.717, 1.165) is 36.4 Å². The van der Waals surface area contributed by atoms with Gasteiger partial charge in [-0.3, -0.25) is 14.7 Å². The van der Waals surface area contributed by atoms with E-state index in [2.05, 4.69) is 46.1 Å². The van der Waals surface area contributed by atoms with E-state index in [0.29, 0.717) is 23.0 Å². The van der Waals surface area contributed by atoms with E-state index in [1.165, 1.54) is 44.3 Å². The van der Waals surface area contributed by atoms with Gasteiger partial charge in [0.15, 0.2) is 5.82 Å². The Kier molecular flexibility index (Phi) is 9.63. The third kappa shape index (κ3) is 7.26. The van der Waals surface area contributed by atoms with Gasteiger partial charge in [0, 0.05) is 31.5 Å². The van der Waals surface area contributed by atoms with Crippen LogP contribution in [0.1, 0.15) is 79.6 Å². The fraction of sp³-hybridized carbons (Fsp3) is 0.533. The molecule has 1 aliphatic heterocycles. The van der Waals surface area contributed by atoms with Crippen LogP contribution in [0.4, 0.5) is 5.69 Å². The Morgan fingerprint density at radius 3 is 2.39 bits per heavy atom. The highest BCUT2D eigenvalue weighted by Crippen LogP contribution is 2.27. The van der Waals surface area contributed by atoms with Crippen LogP contribution in [0, 0.1) is 19.8 Å². The Morgan fingerprint density at radius 1 is 1.03 bits per heavy atom. The van der Waals surface area contributed by atoms with Gasteiger partial charge < -0.3 is 10.1 Å². The van der Waals surface area contributed by atoms with Crippen molar-refractivity contribution < 1.29 is 9.53 Å². The molecule has 8 nitrogen and oxygen atoms in total. The first kappa shape index (κ1) is 27.9. The second kappa shape index (κ2) is 13.1. The summed E-state index contributed by atoms with van der Waals surface area (Å²) in [7, 11) is 0. The van der Waals surface area contributed by atoms with Crippen LogP contribution in [-0.4, -0.2) is 62.9 Å². The first-order chi connectivity index (χ1) is 18.3. The Balaban J connectivity index is 0.000000216. The SMILES string of the molecule is CC1CCC(N2CCOCC2)CC1.Cc1cncc(NC(=O)c2cnn(-c3ccc(C(C)C)cn3)c2C)c1. The van der Waals surface area contributed by atoms with Crippen molar-refractivity contribution in [2.24, 2.45) is 5.92 Å². The first-order valence-electron chi connectivity index (χ1n) is 13.9. The lowest BCUT2D eigenvalue weighted by atomic mass is 9.86. The molecule has 0 bridgehead atoms. The first-order valence-corrected chi connectivity index (χ1v) is 13.9. The van der Waals surface area contributed by atoms with Crippen LogP contribution in [0.2, 0.25) is 0 Å². The summed E-state index contributed by atoms with van der Waals surface area (Å²) in [5, 5.41) is 7.17. The molecule has 3 aromatic heterocycles. The fourth-order valence-corrected chi connectivity index (χ4v) is 5.10. The Labute approximate surface area is 226 Å². The maximum Gasteiger partial charge on any atom is 0.259 e. The number of hydrogen-bond acceptors (Lipinski definition) is 6. The number of carbonyl (C=O) groups excluding carboxylic acids is 1. The van der Waals surface area contributed by atoms with E-state index in [1.807, 2.05) is 38.2 Å². The van der Waals surface area contributed by atoms with E-state index in [4.69, 9.17) is 4.74 Å². The molecule has 1 aliphatic carbocycles. The number of nitrogens with zero attached hydrogens (tertiary/aromatic N) is 5. The van der Waals surface area contributed by atoms with Gasteiger partial charge in [0.05, 0.1) is 42.6 Å². The molecule has 204 valence electrons. The van der Waals surface area contributed by atoms with Gasteiger partial charge in [0.1, 0.15) is 0 Å². The summed E-state index contributed by atoms with van der Waals surface area (Å²) in [5.41, 5.74) is 4.06. The molecule has 3 aromatic rings. The van der Waals surface area contributed by atoms with E-state index >= 15 is 0 Å². The number of aryl methyl sites for hydroxylation is 1. The molecule has 2 fully saturated rings. The molecular weight excluding hydrogens is 476 g/mol. The normalized spacial score (nSPS) is 20.1. The molecule has 5 rings (SSSR count). The summed E-state index contributed by atoms with van der Waals surface area (Å²) < 4.78 is 7.04. The zero-order valence-corrected chi connectivity index (χ0v) is 23.5. The number of pyridine rings is 2. The van der Waals surface area contributed by atoms with Crippen LogP contribution in [0.5, 0.6) is 0 Å². The third-order valence-electron chi connectivity index (χ3n) is 7.59. The molecule has 0 atom stereocenters. The molecule has 4 heterocycles. The average molecular weight is 519 g/mol. The number of aromatic nitrogens is 4. The lowest BCUT2D eigenvalue weighted by Crippen LogP contribution is -2.44. The predicted octanol–water partition coefficient (Wildman–Crippen LogP) is 5.55. The maximum atomic E-state index is 12.5. The van der Waals surface area contributed by atoms with Crippen molar-refractivity contribution in [1.29, 1.82) is 0 Å². The number of nitrogens with one attached hydrogen (secondary N) is 1. The molecule has 1 N–H and O–H groups in total. The van der Waals surface area contributed by atoms with Crippen molar-refractivity contribution in [1.82, 2.24) is 24.6 Å². The minimum atomic E-state index is -0.213. The Bertz CT molecular complexity index is 1180. The zero-order chi connectivity index (χ0) is 27.1. The summed E-state index contributed by atoms with van der Waals surface area (Å²) in [6.07, 6.45) is 12.5. The van der Waals surface area contributed by atoms with Crippen LogP contribution >= 0.6 is 0 Å². The standard InChI is InChI=1S/C19H21N5O.C11H21NO/c1-12(2)15-5-6-18(21-9-15)24-14(4)17(11-22-24)19(25)23-16-7-13(3)8-20-10-16;1-10-2-4-11(5-3-10)12-6-8-13-9-7-12/h5-12H,1-4H3,(H,23,25);10-11H,2-9H2,1H3. The van der Waals surface area contributed by atoms with Crippen molar-refractivity contribution in [3.05, 3.63) is 65.4 Å². The Hall–Kier alpha value is -3.10. The van der Waals surface area contributed by atoms with Crippen LogP contribution in [0.25, 0.3) is 5.82 Å². The zero-order valence-electron chi connectivity index (χ0n) is 23.5. The number of anilines is 1. The van der Waals surface area contributed by atoms with Gasteiger partial charge in [-0.2, -0.15) is 5.10 Å².